The second-order valence-corrected chi connectivity index (χ2v) is 7.14. The molecular weight excluding hydrogens is 396 g/mol. The summed E-state index contributed by atoms with van der Waals surface area (Å²) in [6.07, 6.45) is 4.07. The van der Waals surface area contributed by atoms with Gasteiger partial charge in [-0.2, -0.15) is 0 Å². The van der Waals surface area contributed by atoms with Crippen LogP contribution >= 0.6 is 11.6 Å². The highest BCUT2D eigenvalue weighted by molar-refractivity contribution is 6.30. The first-order valence-corrected chi connectivity index (χ1v) is 9.83. The summed E-state index contributed by atoms with van der Waals surface area (Å²) in [5, 5.41) is 2.95. The normalized spacial score (nSPS) is 11.0. The van der Waals surface area contributed by atoms with Crippen LogP contribution in [0.25, 0.3) is 22.9 Å². The quantitative estimate of drug-likeness (QED) is 0.202. The molecular formula is C26H19ClO3. The third kappa shape index (κ3) is 4.37. The standard InChI is InChI=1S/C26H19ClO3/c1-29-25-17-18(9-11-20-7-4-6-19-5-2-3-8-23(19)20)10-16-24(25)30-26(28)21-12-14-22(27)15-13-21/h2-17H,1H3/b11-9+. The first-order chi connectivity index (χ1) is 14.6. The van der Waals surface area contributed by atoms with E-state index < -0.39 is 5.97 Å². The van der Waals surface area contributed by atoms with Gasteiger partial charge in [-0.05, 0) is 58.3 Å². The molecule has 0 heterocycles. The van der Waals surface area contributed by atoms with Crippen LogP contribution in [0.2, 0.25) is 5.02 Å². The number of ether oxygens (including phenoxy) is 2. The van der Waals surface area contributed by atoms with Gasteiger partial charge in [-0.15, -0.1) is 0 Å². The van der Waals surface area contributed by atoms with Gasteiger partial charge in [0.2, 0.25) is 0 Å². The smallest absolute Gasteiger partial charge is 0.343 e. The largest absolute Gasteiger partial charge is 0.493 e. The summed E-state index contributed by atoms with van der Waals surface area (Å²) in [7, 11) is 1.55. The van der Waals surface area contributed by atoms with Crippen molar-refractivity contribution >= 4 is 40.5 Å². The number of hydrogen-bond acceptors (Lipinski definition) is 3. The molecule has 4 heteroatoms. The van der Waals surface area contributed by atoms with Crippen LogP contribution in [-0.4, -0.2) is 13.1 Å². The summed E-state index contributed by atoms with van der Waals surface area (Å²) in [5.41, 5.74) is 2.48. The van der Waals surface area contributed by atoms with Crippen LogP contribution in [0.3, 0.4) is 0 Å². The Balaban J connectivity index is 1.56. The third-order valence-electron chi connectivity index (χ3n) is 4.75. The Morgan fingerprint density at radius 1 is 0.833 bits per heavy atom. The molecule has 0 aromatic heterocycles. The van der Waals surface area contributed by atoms with Crippen molar-refractivity contribution < 1.29 is 14.3 Å². The molecule has 0 unspecified atom stereocenters. The van der Waals surface area contributed by atoms with Gasteiger partial charge in [0.1, 0.15) is 0 Å². The average Bonchev–Trinajstić information content (AvgIpc) is 2.78. The van der Waals surface area contributed by atoms with Crippen LogP contribution in [0.5, 0.6) is 11.5 Å². The summed E-state index contributed by atoms with van der Waals surface area (Å²) in [4.78, 5) is 12.4. The summed E-state index contributed by atoms with van der Waals surface area (Å²) in [6, 6.07) is 26.5. The average molecular weight is 415 g/mol. The minimum absolute atomic E-state index is 0.361. The molecule has 4 aromatic carbocycles. The van der Waals surface area contributed by atoms with Crippen molar-refractivity contribution in [3.8, 4) is 11.5 Å². The highest BCUT2D eigenvalue weighted by atomic mass is 35.5. The first-order valence-electron chi connectivity index (χ1n) is 9.46. The molecule has 30 heavy (non-hydrogen) atoms. The molecule has 4 rings (SSSR count). The van der Waals surface area contributed by atoms with Gasteiger partial charge in [-0.25, -0.2) is 4.79 Å². The Morgan fingerprint density at radius 2 is 1.60 bits per heavy atom. The van der Waals surface area contributed by atoms with Crippen molar-refractivity contribution in [2.45, 2.75) is 0 Å². The molecule has 4 aromatic rings. The number of hydrogen-bond donors (Lipinski definition) is 0. The Kier molecular flexibility index (Phi) is 5.82. The SMILES string of the molecule is COc1cc(/C=C/c2cccc3ccccc23)ccc1OC(=O)c1ccc(Cl)cc1. The molecule has 0 spiro atoms. The number of carbonyl (C=O) groups excluding carboxylic acids is 1. The van der Waals surface area contributed by atoms with E-state index in [1.165, 1.54) is 10.8 Å². The molecule has 0 aliphatic rings. The first kappa shape index (κ1) is 19.7. The van der Waals surface area contributed by atoms with E-state index in [1.807, 2.05) is 36.4 Å². The molecule has 3 nitrogen and oxygen atoms in total. The van der Waals surface area contributed by atoms with Gasteiger partial charge in [-0.3, -0.25) is 0 Å². The maximum Gasteiger partial charge on any atom is 0.343 e. The van der Waals surface area contributed by atoms with Crippen molar-refractivity contribution in [3.05, 3.63) is 107 Å². The maximum atomic E-state index is 12.4. The zero-order valence-electron chi connectivity index (χ0n) is 16.3. The second kappa shape index (κ2) is 8.85. The Bertz CT molecular complexity index is 1220. The lowest BCUT2D eigenvalue weighted by molar-refractivity contribution is 0.0729. The maximum absolute atomic E-state index is 12.4. The number of rotatable bonds is 5. The predicted octanol–water partition coefficient (Wildman–Crippen LogP) is 6.89. The van der Waals surface area contributed by atoms with Gasteiger partial charge in [0, 0.05) is 5.02 Å². The van der Waals surface area contributed by atoms with Crippen molar-refractivity contribution in [3.63, 3.8) is 0 Å². The molecule has 0 N–H and O–H groups in total. The molecule has 148 valence electrons. The minimum Gasteiger partial charge on any atom is -0.493 e. The van der Waals surface area contributed by atoms with Crippen LogP contribution in [0.4, 0.5) is 0 Å². The van der Waals surface area contributed by atoms with E-state index in [4.69, 9.17) is 21.1 Å². The highest BCUT2D eigenvalue weighted by Crippen LogP contribution is 2.30. The Hall–Kier alpha value is -3.56. The minimum atomic E-state index is -0.469. The molecule has 0 saturated carbocycles. The zero-order valence-corrected chi connectivity index (χ0v) is 17.1. The summed E-state index contributed by atoms with van der Waals surface area (Å²) < 4.78 is 10.9. The Morgan fingerprint density at radius 3 is 2.40 bits per heavy atom. The van der Waals surface area contributed by atoms with Gasteiger partial charge in [0.05, 0.1) is 12.7 Å². The lowest BCUT2D eigenvalue weighted by atomic mass is 10.0. The molecule has 0 aliphatic heterocycles. The molecule has 0 bridgehead atoms. The van der Waals surface area contributed by atoms with E-state index in [9.17, 15) is 4.79 Å². The fraction of sp³-hybridized carbons (Fsp3) is 0.0385. The van der Waals surface area contributed by atoms with E-state index in [2.05, 4.69) is 30.3 Å². The van der Waals surface area contributed by atoms with E-state index >= 15 is 0 Å². The number of halogens is 1. The van der Waals surface area contributed by atoms with Crippen LogP contribution in [-0.2, 0) is 0 Å². The van der Waals surface area contributed by atoms with Gasteiger partial charge < -0.3 is 9.47 Å². The molecule has 0 aliphatic carbocycles. The fourth-order valence-electron chi connectivity index (χ4n) is 3.20. The topological polar surface area (TPSA) is 35.5 Å². The molecule has 0 amide bonds. The lowest BCUT2D eigenvalue weighted by Crippen LogP contribution is -2.09. The monoisotopic (exact) mass is 414 g/mol. The molecule has 0 fully saturated rings. The highest BCUT2D eigenvalue weighted by Gasteiger charge is 2.12. The predicted molar refractivity (Wildman–Crippen MR) is 122 cm³/mol. The van der Waals surface area contributed by atoms with E-state index in [1.54, 1.807) is 37.4 Å². The summed E-state index contributed by atoms with van der Waals surface area (Å²) in [6.45, 7) is 0. The molecule has 0 saturated heterocycles. The van der Waals surface area contributed by atoms with Crippen molar-refractivity contribution in [1.82, 2.24) is 0 Å². The van der Waals surface area contributed by atoms with E-state index in [-0.39, 0.29) is 0 Å². The van der Waals surface area contributed by atoms with Crippen LogP contribution < -0.4 is 9.47 Å². The number of carbonyl (C=O) groups is 1. The lowest BCUT2D eigenvalue weighted by Gasteiger charge is -2.10. The van der Waals surface area contributed by atoms with Crippen molar-refractivity contribution in [2.75, 3.05) is 7.11 Å². The van der Waals surface area contributed by atoms with Crippen LogP contribution in [0.1, 0.15) is 21.5 Å². The van der Waals surface area contributed by atoms with Crippen molar-refractivity contribution in [1.29, 1.82) is 0 Å². The van der Waals surface area contributed by atoms with E-state index in [0.29, 0.717) is 22.1 Å². The fourth-order valence-corrected chi connectivity index (χ4v) is 3.32. The van der Waals surface area contributed by atoms with Crippen molar-refractivity contribution in [2.24, 2.45) is 0 Å². The molecule has 0 atom stereocenters. The molecule has 0 radical (unpaired) electrons. The second-order valence-electron chi connectivity index (χ2n) is 6.71. The van der Waals surface area contributed by atoms with Crippen LogP contribution in [0.15, 0.2) is 84.9 Å². The summed E-state index contributed by atoms with van der Waals surface area (Å²) >= 11 is 5.87. The van der Waals surface area contributed by atoms with Gasteiger partial charge >= 0.3 is 5.97 Å². The van der Waals surface area contributed by atoms with E-state index in [0.717, 1.165) is 11.1 Å². The number of esters is 1. The van der Waals surface area contributed by atoms with Gasteiger partial charge in [-0.1, -0.05) is 72.3 Å². The third-order valence-corrected chi connectivity index (χ3v) is 5.00. The van der Waals surface area contributed by atoms with Gasteiger partial charge in [0.25, 0.3) is 0 Å². The number of methoxy groups -OCH3 is 1. The van der Waals surface area contributed by atoms with Crippen LogP contribution in [0, 0.1) is 0 Å². The number of fused-ring (bicyclic) bond motifs is 1. The zero-order chi connectivity index (χ0) is 20.9. The Labute approximate surface area is 180 Å². The number of benzene rings is 4. The summed E-state index contributed by atoms with van der Waals surface area (Å²) in [5.74, 6) is 0.376. The van der Waals surface area contributed by atoms with Gasteiger partial charge in [0.15, 0.2) is 11.5 Å².